The molecule has 0 aliphatic carbocycles. The predicted octanol–water partition coefficient (Wildman–Crippen LogP) is 2.84. The lowest BCUT2D eigenvalue weighted by atomic mass is 10.1. The highest BCUT2D eigenvalue weighted by Crippen LogP contribution is 2.39. The quantitative estimate of drug-likeness (QED) is 0.789. The Kier molecular flexibility index (Phi) is 5.39. The summed E-state index contributed by atoms with van der Waals surface area (Å²) in [5.74, 6) is -0.979. The number of anilines is 1. The van der Waals surface area contributed by atoms with Gasteiger partial charge >= 0.3 is 0 Å². The maximum absolute atomic E-state index is 14.2. The zero-order valence-electron chi connectivity index (χ0n) is 13.9. The first kappa shape index (κ1) is 18.2. The van der Waals surface area contributed by atoms with Crippen molar-refractivity contribution in [3.8, 4) is 5.75 Å². The predicted molar refractivity (Wildman–Crippen MR) is 98.4 cm³/mol. The minimum absolute atomic E-state index is 0.0897. The highest BCUT2D eigenvalue weighted by atomic mass is 32.2. The topological polar surface area (TPSA) is 66.8 Å². The van der Waals surface area contributed by atoms with Gasteiger partial charge in [0, 0.05) is 5.75 Å². The van der Waals surface area contributed by atoms with Crippen LogP contribution in [0.2, 0.25) is 0 Å². The first-order chi connectivity index (χ1) is 12.6. The largest absolute Gasteiger partial charge is 0.497 e. The van der Waals surface area contributed by atoms with Crippen molar-refractivity contribution in [1.82, 2.24) is 0 Å². The van der Waals surface area contributed by atoms with Crippen LogP contribution in [0.15, 0.2) is 53.4 Å². The van der Waals surface area contributed by atoms with E-state index in [2.05, 4.69) is 0 Å². The van der Waals surface area contributed by atoms with Crippen molar-refractivity contribution in [2.45, 2.75) is 0 Å². The van der Waals surface area contributed by atoms with Crippen molar-refractivity contribution in [1.29, 1.82) is 0 Å². The summed E-state index contributed by atoms with van der Waals surface area (Å²) < 4.78 is 19.3. The molecular weight excluding hydrogens is 357 g/mol. The number of ether oxygens (including phenoxy) is 1. The molecule has 0 saturated heterocycles. The van der Waals surface area contributed by atoms with Gasteiger partial charge in [-0.25, -0.2) is 9.29 Å². The van der Waals surface area contributed by atoms with Crippen molar-refractivity contribution in [3.63, 3.8) is 0 Å². The van der Waals surface area contributed by atoms with Crippen molar-refractivity contribution in [3.05, 3.63) is 64.8 Å². The Morgan fingerprint density at radius 1 is 1.08 bits per heavy atom. The molecule has 0 spiro atoms. The maximum atomic E-state index is 14.2. The fourth-order valence-electron chi connectivity index (χ4n) is 2.66. The van der Waals surface area contributed by atoms with Gasteiger partial charge in [-0.3, -0.25) is 9.59 Å². The number of halogens is 1. The number of para-hydroxylation sites is 1. The highest BCUT2D eigenvalue weighted by molar-refractivity contribution is 8.04. The van der Waals surface area contributed by atoms with Gasteiger partial charge in [0.05, 0.1) is 29.9 Å². The van der Waals surface area contributed by atoms with Gasteiger partial charge in [0.15, 0.2) is 0 Å². The van der Waals surface area contributed by atoms with Crippen LogP contribution in [0.5, 0.6) is 5.75 Å². The van der Waals surface area contributed by atoms with Crippen molar-refractivity contribution >= 4 is 34.8 Å². The van der Waals surface area contributed by atoms with Gasteiger partial charge in [-0.15, -0.1) is 11.8 Å². The Bertz CT molecular complexity index is 879. The van der Waals surface area contributed by atoms with Crippen LogP contribution in [0.4, 0.5) is 10.1 Å². The van der Waals surface area contributed by atoms with Crippen LogP contribution in [0.25, 0.3) is 5.57 Å². The van der Waals surface area contributed by atoms with Crippen LogP contribution in [0, 0.1) is 5.82 Å². The molecule has 2 aromatic rings. The highest BCUT2D eigenvalue weighted by Gasteiger charge is 2.41. The molecule has 5 nitrogen and oxygen atoms in total. The number of thioether (sulfide) groups is 1. The average Bonchev–Trinajstić information content (AvgIpc) is 2.90. The van der Waals surface area contributed by atoms with Gasteiger partial charge in [-0.05, 0) is 29.8 Å². The fraction of sp³-hybridized carbons (Fsp3) is 0.158. The number of hydrogen-bond acceptors (Lipinski definition) is 5. The number of aliphatic hydroxyl groups excluding tert-OH is 1. The lowest BCUT2D eigenvalue weighted by molar-refractivity contribution is -0.119. The number of rotatable bonds is 6. The monoisotopic (exact) mass is 373 g/mol. The molecular formula is C19H16FNO4S. The number of nitrogens with zero attached hydrogens (tertiary/aromatic N) is 1. The van der Waals surface area contributed by atoms with Crippen LogP contribution >= 0.6 is 11.8 Å². The van der Waals surface area contributed by atoms with Crippen molar-refractivity contribution in [2.24, 2.45) is 0 Å². The van der Waals surface area contributed by atoms with Gasteiger partial charge in [0.25, 0.3) is 11.8 Å². The molecule has 0 saturated carbocycles. The molecule has 2 aromatic carbocycles. The van der Waals surface area contributed by atoms with E-state index >= 15 is 0 Å². The fourth-order valence-corrected chi connectivity index (χ4v) is 3.52. The van der Waals surface area contributed by atoms with E-state index in [1.807, 2.05) is 0 Å². The average molecular weight is 373 g/mol. The Labute approximate surface area is 154 Å². The van der Waals surface area contributed by atoms with Crippen LogP contribution in [0.3, 0.4) is 0 Å². The van der Waals surface area contributed by atoms with Gasteiger partial charge in [-0.1, -0.05) is 24.3 Å². The molecule has 1 heterocycles. The summed E-state index contributed by atoms with van der Waals surface area (Å²) in [6, 6.07) is 12.3. The third-order valence-corrected chi connectivity index (χ3v) is 4.91. The molecule has 1 aliphatic rings. The van der Waals surface area contributed by atoms with Crippen LogP contribution in [-0.4, -0.2) is 36.4 Å². The second kappa shape index (κ2) is 7.72. The minimum Gasteiger partial charge on any atom is -0.497 e. The lowest BCUT2D eigenvalue weighted by Gasteiger charge is -2.15. The number of methoxy groups -OCH3 is 1. The molecule has 0 atom stereocenters. The minimum atomic E-state index is -0.656. The smallest absolute Gasteiger partial charge is 0.272 e. The molecule has 0 unspecified atom stereocenters. The van der Waals surface area contributed by atoms with E-state index in [-0.39, 0.29) is 28.5 Å². The first-order valence-corrected chi connectivity index (χ1v) is 8.82. The Balaban J connectivity index is 2.07. The van der Waals surface area contributed by atoms with E-state index in [0.717, 1.165) is 16.7 Å². The lowest BCUT2D eigenvalue weighted by Crippen LogP contribution is -2.32. The van der Waals surface area contributed by atoms with E-state index in [1.54, 1.807) is 30.3 Å². The third kappa shape index (κ3) is 3.23. The zero-order chi connectivity index (χ0) is 18.7. The summed E-state index contributed by atoms with van der Waals surface area (Å²) in [7, 11) is 1.53. The third-order valence-electron chi connectivity index (χ3n) is 3.85. The Morgan fingerprint density at radius 2 is 1.77 bits per heavy atom. The van der Waals surface area contributed by atoms with Gasteiger partial charge in [-0.2, -0.15) is 0 Å². The second-order valence-electron chi connectivity index (χ2n) is 5.40. The van der Waals surface area contributed by atoms with E-state index in [1.165, 1.54) is 25.3 Å². The summed E-state index contributed by atoms with van der Waals surface area (Å²) in [6.45, 7) is -0.148. The van der Waals surface area contributed by atoms with Gasteiger partial charge in [0.1, 0.15) is 11.6 Å². The Morgan fingerprint density at radius 3 is 2.38 bits per heavy atom. The summed E-state index contributed by atoms with van der Waals surface area (Å²) >= 11 is 1.08. The molecule has 7 heteroatoms. The Hall–Kier alpha value is -2.64. The number of amides is 2. The summed E-state index contributed by atoms with van der Waals surface area (Å²) in [4.78, 5) is 26.8. The maximum Gasteiger partial charge on any atom is 0.272 e. The summed E-state index contributed by atoms with van der Waals surface area (Å²) in [5, 5.41) is 9.10. The number of carbonyl (C=O) groups excluding carboxylic acids is 2. The van der Waals surface area contributed by atoms with Crippen LogP contribution in [0.1, 0.15) is 5.56 Å². The molecule has 0 aromatic heterocycles. The van der Waals surface area contributed by atoms with E-state index in [0.29, 0.717) is 11.3 Å². The SMILES string of the molecule is COc1ccc(C2=C(SCCO)C(=O)N(c3ccccc3F)C2=O)cc1. The van der Waals surface area contributed by atoms with Crippen molar-refractivity contribution in [2.75, 3.05) is 24.4 Å². The van der Waals surface area contributed by atoms with Crippen LogP contribution < -0.4 is 9.64 Å². The number of hydrogen-bond donors (Lipinski definition) is 1. The number of imide groups is 1. The molecule has 26 heavy (non-hydrogen) atoms. The normalized spacial score (nSPS) is 14.3. The molecule has 3 rings (SSSR count). The summed E-state index contributed by atoms with van der Waals surface area (Å²) in [6.07, 6.45) is 0. The molecule has 1 aliphatic heterocycles. The van der Waals surface area contributed by atoms with Crippen molar-refractivity contribution < 1.29 is 23.8 Å². The molecule has 2 amide bonds. The molecule has 0 bridgehead atoms. The molecule has 1 N–H and O–H groups in total. The zero-order valence-corrected chi connectivity index (χ0v) is 14.8. The number of benzene rings is 2. The molecule has 0 fully saturated rings. The van der Waals surface area contributed by atoms with Gasteiger partial charge in [0.2, 0.25) is 0 Å². The molecule has 0 radical (unpaired) electrons. The first-order valence-electron chi connectivity index (χ1n) is 7.84. The van der Waals surface area contributed by atoms with Gasteiger partial charge < -0.3 is 9.84 Å². The number of carbonyl (C=O) groups is 2. The standard InChI is InChI=1S/C19H16FNO4S/c1-25-13-8-6-12(7-9-13)16-17(26-11-10-22)19(24)21(18(16)23)15-5-3-2-4-14(15)20/h2-9,22H,10-11H2,1H3. The van der Waals surface area contributed by atoms with E-state index in [9.17, 15) is 14.0 Å². The number of aliphatic hydroxyl groups is 1. The van der Waals surface area contributed by atoms with E-state index < -0.39 is 17.6 Å². The summed E-state index contributed by atoms with van der Waals surface area (Å²) in [5.41, 5.74) is 0.635. The molecule has 134 valence electrons. The van der Waals surface area contributed by atoms with Crippen LogP contribution in [-0.2, 0) is 9.59 Å². The second-order valence-corrected chi connectivity index (χ2v) is 6.51. The van der Waals surface area contributed by atoms with E-state index in [4.69, 9.17) is 9.84 Å².